The molecule has 0 spiro atoms. The molecule has 3 aromatic rings. The summed E-state index contributed by atoms with van der Waals surface area (Å²) in [6.45, 7) is 4.66. The second kappa shape index (κ2) is 10.8. The first-order chi connectivity index (χ1) is 15.1. The van der Waals surface area contributed by atoms with E-state index in [1.807, 2.05) is 38.1 Å². The second-order valence-electron chi connectivity index (χ2n) is 6.70. The van der Waals surface area contributed by atoms with Gasteiger partial charge in [0.25, 0.3) is 11.8 Å². The summed E-state index contributed by atoms with van der Waals surface area (Å²) in [5.41, 5.74) is 7.76. The summed E-state index contributed by atoms with van der Waals surface area (Å²) < 4.78 is 11.5. The lowest BCUT2D eigenvalue weighted by Gasteiger charge is -2.14. The van der Waals surface area contributed by atoms with Crippen molar-refractivity contribution < 1.29 is 19.1 Å². The van der Waals surface area contributed by atoms with Gasteiger partial charge in [-0.05, 0) is 66.9 Å². The first-order valence-electron chi connectivity index (χ1n) is 10.1. The maximum absolute atomic E-state index is 12.5. The van der Waals surface area contributed by atoms with Crippen molar-refractivity contribution in [2.24, 2.45) is 0 Å². The van der Waals surface area contributed by atoms with E-state index in [1.165, 1.54) is 0 Å². The number of carbonyl (C=O) groups is 2. The predicted molar refractivity (Wildman–Crippen MR) is 117 cm³/mol. The van der Waals surface area contributed by atoms with Crippen molar-refractivity contribution in [3.8, 4) is 11.5 Å². The molecule has 0 fully saturated rings. The number of nitrogens with one attached hydrogen (secondary N) is 2. The van der Waals surface area contributed by atoms with Crippen LogP contribution in [0.2, 0.25) is 0 Å². The first-order valence-corrected chi connectivity index (χ1v) is 10.1. The van der Waals surface area contributed by atoms with Crippen LogP contribution in [0.4, 0.5) is 0 Å². The minimum absolute atomic E-state index is 0.335. The molecule has 7 heteroatoms. The molecule has 0 aliphatic rings. The predicted octanol–water partition coefficient (Wildman–Crippen LogP) is 3.70. The molecule has 0 aliphatic heterocycles. The lowest BCUT2D eigenvalue weighted by atomic mass is 10.1. The van der Waals surface area contributed by atoms with Crippen LogP contribution in [0, 0.1) is 0 Å². The van der Waals surface area contributed by atoms with Crippen molar-refractivity contribution >= 4 is 11.8 Å². The van der Waals surface area contributed by atoms with Crippen LogP contribution in [0.1, 0.15) is 45.7 Å². The standard InChI is InChI=1S/C24H25N3O4/c1-3-17-5-7-19(8-6-17)23(28)26-27-24(29)20-9-10-21(22(15-20)30-4-2)31-16-18-11-13-25-14-12-18/h5-15H,3-4,16H2,1-2H3,(H,26,28)(H,27,29). The molecule has 0 saturated heterocycles. The molecule has 0 unspecified atom stereocenters. The maximum Gasteiger partial charge on any atom is 0.269 e. The molecule has 0 radical (unpaired) electrons. The Labute approximate surface area is 181 Å². The third-order valence-electron chi connectivity index (χ3n) is 4.56. The molecule has 2 N–H and O–H groups in total. The lowest BCUT2D eigenvalue weighted by Crippen LogP contribution is -2.41. The molecule has 0 atom stereocenters. The number of carbonyl (C=O) groups excluding carboxylic acids is 2. The van der Waals surface area contributed by atoms with Crippen LogP contribution in [0.25, 0.3) is 0 Å². The number of rotatable bonds is 8. The molecular formula is C24H25N3O4. The van der Waals surface area contributed by atoms with E-state index in [9.17, 15) is 9.59 Å². The fourth-order valence-electron chi connectivity index (χ4n) is 2.83. The monoisotopic (exact) mass is 419 g/mol. The van der Waals surface area contributed by atoms with Gasteiger partial charge in [0.05, 0.1) is 6.61 Å². The minimum Gasteiger partial charge on any atom is -0.490 e. The molecule has 2 aromatic carbocycles. The molecule has 1 aromatic heterocycles. The number of ether oxygens (including phenoxy) is 2. The topological polar surface area (TPSA) is 89.6 Å². The SMILES string of the molecule is CCOc1cc(C(=O)NNC(=O)c2ccc(CC)cc2)ccc1OCc1ccncc1. The van der Waals surface area contributed by atoms with Crippen molar-refractivity contribution in [3.63, 3.8) is 0 Å². The largest absolute Gasteiger partial charge is 0.490 e. The summed E-state index contributed by atoms with van der Waals surface area (Å²) in [5.74, 6) is 0.124. The Kier molecular flexibility index (Phi) is 7.59. The Morgan fingerprint density at radius 3 is 2.06 bits per heavy atom. The normalized spacial score (nSPS) is 10.3. The first kappa shape index (κ1) is 21.8. The van der Waals surface area contributed by atoms with Crippen molar-refractivity contribution in [1.82, 2.24) is 15.8 Å². The van der Waals surface area contributed by atoms with Crippen LogP contribution in [0.3, 0.4) is 0 Å². The highest BCUT2D eigenvalue weighted by Crippen LogP contribution is 2.29. The van der Waals surface area contributed by atoms with E-state index in [0.717, 1.165) is 17.5 Å². The number of pyridine rings is 1. The summed E-state index contributed by atoms with van der Waals surface area (Å²) in [6, 6.07) is 15.8. The Morgan fingerprint density at radius 2 is 1.42 bits per heavy atom. The van der Waals surface area contributed by atoms with E-state index in [-0.39, 0.29) is 0 Å². The Balaban J connectivity index is 1.63. The molecule has 0 aliphatic carbocycles. The fraction of sp³-hybridized carbons (Fsp3) is 0.208. The van der Waals surface area contributed by atoms with Crippen molar-refractivity contribution in [2.75, 3.05) is 6.61 Å². The zero-order chi connectivity index (χ0) is 22.1. The highest BCUT2D eigenvalue weighted by molar-refractivity contribution is 5.99. The van der Waals surface area contributed by atoms with Crippen LogP contribution >= 0.6 is 0 Å². The van der Waals surface area contributed by atoms with Gasteiger partial charge in [-0.25, -0.2) is 0 Å². The van der Waals surface area contributed by atoms with Gasteiger partial charge >= 0.3 is 0 Å². The number of hydrazine groups is 1. The van der Waals surface area contributed by atoms with Gasteiger partial charge in [0.2, 0.25) is 0 Å². The molecule has 1 heterocycles. The van der Waals surface area contributed by atoms with Gasteiger partial charge in [-0.2, -0.15) is 0 Å². The average molecular weight is 419 g/mol. The van der Waals surface area contributed by atoms with Crippen molar-refractivity contribution in [1.29, 1.82) is 0 Å². The van der Waals surface area contributed by atoms with Crippen molar-refractivity contribution in [2.45, 2.75) is 26.9 Å². The molecule has 160 valence electrons. The van der Waals surface area contributed by atoms with Crippen LogP contribution in [0.15, 0.2) is 67.0 Å². The third kappa shape index (κ3) is 6.05. The summed E-state index contributed by atoms with van der Waals surface area (Å²) in [5, 5.41) is 0. The smallest absolute Gasteiger partial charge is 0.269 e. The van der Waals surface area contributed by atoms with Gasteiger partial charge < -0.3 is 9.47 Å². The van der Waals surface area contributed by atoms with Gasteiger partial charge in [-0.3, -0.25) is 25.4 Å². The average Bonchev–Trinajstić information content (AvgIpc) is 2.82. The summed E-state index contributed by atoms with van der Waals surface area (Å²) in [4.78, 5) is 28.7. The molecule has 31 heavy (non-hydrogen) atoms. The molecule has 7 nitrogen and oxygen atoms in total. The van der Waals surface area contributed by atoms with E-state index in [1.54, 1.807) is 42.7 Å². The van der Waals surface area contributed by atoms with Gasteiger partial charge in [0, 0.05) is 23.5 Å². The number of aromatic nitrogens is 1. The highest BCUT2D eigenvalue weighted by atomic mass is 16.5. The maximum atomic E-state index is 12.5. The number of hydrogen-bond acceptors (Lipinski definition) is 5. The zero-order valence-corrected chi connectivity index (χ0v) is 17.6. The molecule has 3 rings (SSSR count). The van der Waals surface area contributed by atoms with E-state index >= 15 is 0 Å². The quantitative estimate of drug-likeness (QED) is 0.544. The Bertz CT molecular complexity index is 1020. The lowest BCUT2D eigenvalue weighted by molar-refractivity contribution is 0.0846. The second-order valence-corrected chi connectivity index (χ2v) is 6.70. The van der Waals surface area contributed by atoms with Crippen LogP contribution < -0.4 is 20.3 Å². The fourth-order valence-corrected chi connectivity index (χ4v) is 2.83. The van der Waals surface area contributed by atoms with E-state index < -0.39 is 11.8 Å². The number of amides is 2. The number of nitrogens with zero attached hydrogens (tertiary/aromatic N) is 1. The minimum atomic E-state index is -0.458. The summed E-state index contributed by atoms with van der Waals surface area (Å²) in [7, 11) is 0. The van der Waals surface area contributed by atoms with Gasteiger partial charge in [0.15, 0.2) is 11.5 Å². The Morgan fingerprint density at radius 1 is 0.774 bits per heavy atom. The van der Waals surface area contributed by atoms with E-state index in [4.69, 9.17) is 9.47 Å². The molecular weight excluding hydrogens is 394 g/mol. The number of hydrogen-bond donors (Lipinski definition) is 2. The van der Waals surface area contributed by atoms with Crippen LogP contribution in [-0.2, 0) is 13.0 Å². The summed E-state index contributed by atoms with van der Waals surface area (Å²) in [6.07, 6.45) is 4.28. The third-order valence-corrected chi connectivity index (χ3v) is 4.56. The van der Waals surface area contributed by atoms with Crippen molar-refractivity contribution in [3.05, 3.63) is 89.2 Å². The highest BCUT2D eigenvalue weighted by Gasteiger charge is 2.13. The molecule has 0 bridgehead atoms. The molecule has 0 saturated carbocycles. The zero-order valence-electron chi connectivity index (χ0n) is 17.6. The van der Waals surface area contributed by atoms with Crippen LogP contribution in [0.5, 0.6) is 11.5 Å². The molecule has 2 amide bonds. The van der Waals surface area contributed by atoms with Gasteiger partial charge in [-0.1, -0.05) is 19.1 Å². The Hall–Kier alpha value is -3.87. The van der Waals surface area contributed by atoms with E-state index in [0.29, 0.717) is 35.8 Å². The van der Waals surface area contributed by atoms with Gasteiger partial charge in [-0.15, -0.1) is 0 Å². The number of aryl methyl sites for hydroxylation is 1. The van der Waals surface area contributed by atoms with Gasteiger partial charge in [0.1, 0.15) is 6.61 Å². The van der Waals surface area contributed by atoms with Crippen LogP contribution in [-0.4, -0.2) is 23.4 Å². The summed E-state index contributed by atoms with van der Waals surface area (Å²) >= 11 is 0. The number of benzene rings is 2. The van der Waals surface area contributed by atoms with E-state index in [2.05, 4.69) is 15.8 Å².